The molecule has 0 unspecified atom stereocenters. The van der Waals surface area contributed by atoms with Gasteiger partial charge in [0.05, 0.1) is 30.7 Å². The predicted molar refractivity (Wildman–Crippen MR) is 134 cm³/mol. The second-order valence-electron chi connectivity index (χ2n) is 8.39. The van der Waals surface area contributed by atoms with E-state index in [4.69, 9.17) is 14.2 Å². The van der Waals surface area contributed by atoms with Crippen LogP contribution in [0.25, 0.3) is 5.69 Å². The number of ether oxygens (including phenoxy) is 3. The molecule has 9 heteroatoms. The van der Waals surface area contributed by atoms with E-state index in [0.29, 0.717) is 30.1 Å². The molecule has 1 saturated heterocycles. The number of methoxy groups -OCH3 is 1. The topological polar surface area (TPSA) is 126 Å². The molecule has 2 aromatic carbocycles. The number of hydrogen-bond donors (Lipinski definition) is 4. The van der Waals surface area contributed by atoms with Gasteiger partial charge < -0.3 is 34.6 Å². The summed E-state index contributed by atoms with van der Waals surface area (Å²) >= 11 is 0. The Labute approximate surface area is 214 Å². The standard InChI is InChI=1S/C28H28N2O7/c1-35-15-16-36-23-10-8-22(9-11-23)30-18-21(17-29-30)7-12-25-28(34,14-13-20-5-3-2-4-6-20)27(33)26(32)24(19-31)37-25/h2-6,8-11,17-18,24-27,31-34H,15-16,19H2,1H3/t24-,25-,26-,27+,28-/m1/s1. The van der Waals surface area contributed by atoms with Crippen LogP contribution in [0.15, 0.2) is 67.0 Å². The zero-order valence-electron chi connectivity index (χ0n) is 20.2. The highest BCUT2D eigenvalue weighted by Crippen LogP contribution is 2.30. The number of aliphatic hydroxyl groups is 4. The molecule has 1 aromatic heterocycles. The van der Waals surface area contributed by atoms with Crippen LogP contribution in [-0.4, -0.2) is 87.2 Å². The van der Waals surface area contributed by atoms with E-state index in [2.05, 4.69) is 28.8 Å². The van der Waals surface area contributed by atoms with E-state index in [9.17, 15) is 20.4 Å². The summed E-state index contributed by atoms with van der Waals surface area (Å²) in [5, 5.41) is 46.2. The van der Waals surface area contributed by atoms with Crippen LogP contribution in [-0.2, 0) is 9.47 Å². The molecule has 0 radical (unpaired) electrons. The van der Waals surface area contributed by atoms with Crippen molar-refractivity contribution in [1.82, 2.24) is 9.78 Å². The van der Waals surface area contributed by atoms with Gasteiger partial charge in [0.25, 0.3) is 0 Å². The van der Waals surface area contributed by atoms with Gasteiger partial charge in [0, 0.05) is 18.9 Å². The zero-order chi connectivity index (χ0) is 26.3. The molecule has 9 nitrogen and oxygen atoms in total. The van der Waals surface area contributed by atoms with Crippen molar-refractivity contribution >= 4 is 0 Å². The average molecular weight is 505 g/mol. The summed E-state index contributed by atoms with van der Waals surface area (Å²) < 4.78 is 17.8. The first-order chi connectivity index (χ1) is 17.9. The van der Waals surface area contributed by atoms with Gasteiger partial charge in [-0.2, -0.15) is 5.10 Å². The van der Waals surface area contributed by atoms with Crippen molar-refractivity contribution in [2.24, 2.45) is 0 Å². The Kier molecular flexibility index (Phi) is 8.59. The van der Waals surface area contributed by atoms with Crippen molar-refractivity contribution in [3.8, 4) is 35.1 Å². The number of benzene rings is 2. The lowest BCUT2D eigenvalue weighted by Gasteiger charge is -2.43. The molecule has 2 heterocycles. The molecule has 5 atom stereocenters. The van der Waals surface area contributed by atoms with E-state index >= 15 is 0 Å². The zero-order valence-corrected chi connectivity index (χ0v) is 20.2. The fourth-order valence-corrected chi connectivity index (χ4v) is 3.72. The maximum absolute atomic E-state index is 11.3. The lowest BCUT2D eigenvalue weighted by Crippen LogP contribution is -2.65. The molecule has 0 saturated carbocycles. The minimum absolute atomic E-state index is 0.450. The third kappa shape index (κ3) is 6.19. The number of rotatable bonds is 6. The molecule has 1 aliphatic rings. The number of nitrogens with zero attached hydrogens (tertiary/aromatic N) is 2. The molecule has 0 aliphatic carbocycles. The fraction of sp³-hybridized carbons (Fsp3) is 0.321. The largest absolute Gasteiger partial charge is 0.491 e. The van der Waals surface area contributed by atoms with Crippen molar-refractivity contribution in [3.63, 3.8) is 0 Å². The Hall–Kier alpha value is -3.67. The molecule has 4 N–H and O–H groups in total. The van der Waals surface area contributed by atoms with Gasteiger partial charge in [-0.05, 0) is 36.4 Å². The van der Waals surface area contributed by atoms with Gasteiger partial charge in [-0.15, -0.1) is 0 Å². The fourth-order valence-electron chi connectivity index (χ4n) is 3.72. The Morgan fingerprint density at radius 1 is 1.03 bits per heavy atom. The molecule has 37 heavy (non-hydrogen) atoms. The Bertz CT molecular complexity index is 1290. The first-order valence-electron chi connectivity index (χ1n) is 11.7. The summed E-state index contributed by atoms with van der Waals surface area (Å²) in [5.74, 6) is 11.8. The van der Waals surface area contributed by atoms with E-state index in [1.165, 1.54) is 0 Å². The maximum Gasteiger partial charge on any atom is 0.191 e. The van der Waals surface area contributed by atoms with Crippen LogP contribution in [0.1, 0.15) is 11.1 Å². The van der Waals surface area contributed by atoms with Crippen LogP contribution in [0.4, 0.5) is 0 Å². The lowest BCUT2D eigenvalue weighted by molar-refractivity contribution is -0.239. The highest BCUT2D eigenvalue weighted by atomic mass is 16.5. The molecule has 0 amide bonds. The minimum atomic E-state index is -2.21. The first kappa shape index (κ1) is 26.4. The van der Waals surface area contributed by atoms with Crippen molar-refractivity contribution < 1.29 is 34.6 Å². The van der Waals surface area contributed by atoms with Gasteiger partial charge in [-0.3, -0.25) is 0 Å². The summed E-state index contributed by atoms with van der Waals surface area (Å²) in [7, 11) is 1.61. The average Bonchev–Trinajstić information content (AvgIpc) is 3.40. The van der Waals surface area contributed by atoms with Crippen molar-refractivity contribution in [2.75, 3.05) is 26.9 Å². The third-order valence-corrected chi connectivity index (χ3v) is 5.81. The molecule has 192 valence electrons. The second kappa shape index (κ2) is 12.0. The summed E-state index contributed by atoms with van der Waals surface area (Å²) in [6.45, 7) is 0.378. The maximum atomic E-state index is 11.3. The van der Waals surface area contributed by atoms with Crippen LogP contribution in [0.5, 0.6) is 5.75 Å². The van der Waals surface area contributed by atoms with E-state index < -0.39 is 36.6 Å². The second-order valence-corrected chi connectivity index (χ2v) is 8.39. The van der Waals surface area contributed by atoms with E-state index in [1.54, 1.807) is 48.5 Å². The van der Waals surface area contributed by atoms with E-state index in [1.807, 2.05) is 30.3 Å². The Balaban J connectivity index is 1.56. The monoisotopic (exact) mass is 504 g/mol. The quantitative estimate of drug-likeness (QED) is 0.283. The summed E-state index contributed by atoms with van der Waals surface area (Å²) in [6.07, 6.45) is -2.49. The van der Waals surface area contributed by atoms with Crippen molar-refractivity contribution in [3.05, 3.63) is 78.1 Å². The van der Waals surface area contributed by atoms with Gasteiger partial charge in [0.2, 0.25) is 0 Å². The molecule has 3 aromatic rings. The van der Waals surface area contributed by atoms with Crippen LogP contribution in [0.3, 0.4) is 0 Å². The Morgan fingerprint density at radius 3 is 2.49 bits per heavy atom. The van der Waals surface area contributed by atoms with Gasteiger partial charge in [-0.25, -0.2) is 4.68 Å². The SMILES string of the molecule is COCCOc1ccc(-n2cc(C#C[C@H]3O[C@H](CO)[C@@H](O)[C@H](O)[C@@]3(O)C#Cc3ccccc3)cn2)cc1. The summed E-state index contributed by atoms with van der Waals surface area (Å²) in [4.78, 5) is 0. The molecular weight excluding hydrogens is 476 g/mol. The van der Waals surface area contributed by atoms with Crippen LogP contribution < -0.4 is 4.74 Å². The number of hydrogen-bond acceptors (Lipinski definition) is 8. The minimum Gasteiger partial charge on any atom is -0.491 e. The number of aliphatic hydroxyl groups excluding tert-OH is 3. The summed E-state index contributed by atoms with van der Waals surface area (Å²) in [5.41, 5.74) is -0.304. The van der Waals surface area contributed by atoms with Gasteiger partial charge in [-0.1, -0.05) is 41.9 Å². The molecule has 4 rings (SSSR count). The van der Waals surface area contributed by atoms with Crippen LogP contribution >= 0.6 is 0 Å². The molecule has 0 spiro atoms. The summed E-state index contributed by atoms with van der Waals surface area (Å²) in [6, 6.07) is 16.2. The third-order valence-electron chi connectivity index (χ3n) is 5.81. The molecule has 1 aliphatic heterocycles. The smallest absolute Gasteiger partial charge is 0.191 e. The highest BCUT2D eigenvalue weighted by molar-refractivity contribution is 5.42. The van der Waals surface area contributed by atoms with Crippen LogP contribution in [0, 0.1) is 23.7 Å². The predicted octanol–water partition coefficient (Wildman–Crippen LogP) is 0.513. The van der Waals surface area contributed by atoms with Gasteiger partial charge in [0.15, 0.2) is 11.7 Å². The Morgan fingerprint density at radius 2 is 1.78 bits per heavy atom. The van der Waals surface area contributed by atoms with Crippen LogP contribution in [0.2, 0.25) is 0 Å². The number of aromatic nitrogens is 2. The molecular formula is C28H28N2O7. The van der Waals surface area contributed by atoms with E-state index in [0.717, 1.165) is 5.69 Å². The molecule has 1 fully saturated rings. The normalized spacial score (nSPS) is 24.9. The van der Waals surface area contributed by atoms with Crippen molar-refractivity contribution in [2.45, 2.75) is 30.0 Å². The molecule has 0 bridgehead atoms. The van der Waals surface area contributed by atoms with Gasteiger partial charge in [0.1, 0.15) is 30.7 Å². The highest BCUT2D eigenvalue weighted by Gasteiger charge is 2.53. The van der Waals surface area contributed by atoms with Gasteiger partial charge >= 0.3 is 0 Å². The lowest BCUT2D eigenvalue weighted by atomic mass is 9.82. The first-order valence-corrected chi connectivity index (χ1v) is 11.7. The van der Waals surface area contributed by atoms with Crippen molar-refractivity contribution in [1.29, 1.82) is 0 Å². The van der Waals surface area contributed by atoms with E-state index in [-0.39, 0.29) is 0 Å².